The number of carbonyl (C=O) groups is 11. The Hall–Kier alpha value is -6.69. The molecule has 12 atom stereocenters. The van der Waals surface area contributed by atoms with E-state index in [2.05, 4.69) is 54.8 Å². The molecule has 2 saturated heterocycles. The van der Waals surface area contributed by atoms with Gasteiger partial charge in [-0.15, -0.1) is 0 Å². The Morgan fingerprint density at radius 3 is 2.14 bits per heavy atom. The predicted molar refractivity (Wildman–Crippen MR) is 288 cm³/mol. The van der Waals surface area contributed by atoms with Crippen LogP contribution in [0.5, 0.6) is 5.75 Å². The number of thiol groups is 1. The van der Waals surface area contributed by atoms with Crippen LogP contribution in [0.25, 0.3) is 10.9 Å². The minimum Gasteiger partial charge on any atom is -0.493 e. The van der Waals surface area contributed by atoms with E-state index in [1.807, 2.05) is 13.8 Å². The van der Waals surface area contributed by atoms with Gasteiger partial charge in [-0.3, -0.25) is 61.8 Å². The van der Waals surface area contributed by atoms with Gasteiger partial charge < -0.3 is 72.9 Å². The summed E-state index contributed by atoms with van der Waals surface area (Å²) < 4.78 is 21.4. The number of nitrogens with one attached hydrogen (secondary N) is 8. The quantitative estimate of drug-likeness (QED) is 0.0672. The number of ether oxygens (including phenoxy) is 1. The highest BCUT2D eigenvalue weighted by atomic mass is 32.2. The first kappa shape index (κ1) is 62.5. The second-order valence-corrected chi connectivity index (χ2v) is 24.4. The number of likely N-dealkylation sites (tertiary alicyclic amines) is 1. The molecule has 4 aliphatic rings. The number of aromatic amines is 1. The Morgan fingerprint density at radius 1 is 0.850 bits per heavy atom. The summed E-state index contributed by atoms with van der Waals surface area (Å²) in [4.78, 5) is 157. The zero-order chi connectivity index (χ0) is 59.3. The SMILES string of the molecule is CC[C@H](C)[C@@H]1NC(=O)CNC(=O)[C@@H]2Cc3c([nH]c4cc(OCC(C)(C)CC(C)(C)N5C(=O)CC(S)C5=O)ccc34)S(=O)C[C@H](NC(=O)CNC1=O)C(=O)N[C@@H](CC(N)=O)C(=O)N1C[C@H](O)C[C@H]1C(=O)N[C@@H]([C@@H](C)[C@@H](O)CO)C(=O)N2. The van der Waals surface area contributed by atoms with Crippen molar-refractivity contribution in [3.8, 4) is 5.75 Å². The number of amides is 11. The number of rotatable bonds is 13. The van der Waals surface area contributed by atoms with Crippen molar-refractivity contribution >= 4 is 99.3 Å². The van der Waals surface area contributed by atoms with E-state index < -0.39 is 198 Å². The van der Waals surface area contributed by atoms with E-state index in [0.29, 0.717) is 12.8 Å². The van der Waals surface area contributed by atoms with E-state index >= 15 is 4.21 Å². The highest BCUT2D eigenvalue weighted by molar-refractivity contribution is 7.85. The average Bonchev–Trinajstić information content (AvgIpc) is 4.10. The lowest BCUT2D eigenvalue weighted by Gasteiger charge is -2.40. The molecule has 2 unspecified atom stereocenters. The van der Waals surface area contributed by atoms with E-state index in [-0.39, 0.29) is 46.2 Å². The van der Waals surface area contributed by atoms with Crippen LogP contribution in [-0.2, 0) is 70.0 Å². The van der Waals surface area contributed by atoms with Gasteiger partial charge in [0.15, 0.2) is 0 Å². The van der Waals surface area contributed by atoms with Gasteiger partial charge in [-0.2, -0.15) is 12.6 Å². The molecule has 2 fully saturated rings. The fraction of sp³-hybridized carbons (Fsp3) is 0.627. The minimum absolute atomic E-state index is 0.0278. The number of primary amides is 1. The molecule has 2 bridgehead atoms. The van der Waals surface area contributed by atoms with Crippen LogP contribution >= 0.6 is 12.6 Å². The fourth-order valence-corrected chi connectivity index (χ4v) is 12.3. The molecule has 0 aliphatic carbocycles. The number of aromatic nitrogens is 1. The summed E-state index contributed by atoms with van der Waals surface area (Å²) in [6.07, 6.45) is -4.29. The van der Waals surface area contributed by atoms with Gasteiger partial charge in [-0.05, 0) is 43.9 Å². The van der Waals surface area contributed by atoms with Crippen molar-refractivity contribution in [2.45, 2.75) is 151 Å². The normalized spacial score (nSPS) is 27.6. The largest absolute Gasteiger partial charge is 0.493 e. The van der Waals surface area contributed by atoms with Gasteiger partial charge >= 0.3 is 0 Å². The number of H-pyrrole nitrogens is 1. The number of hydrogen-bond acceptors (Lipinski definition) is 17. The lowest BCUT2D eigenvalue weighted by atomic mass is 9.80. The Labute approximate surface area is 469 Å². The van der Waals surface area contributed by atoms with Crippen molar-refractivity contribution in [3.05, 3.63) is 23.8 Å². The molecule has 2 aromatic rings. The number of nitrogens with two attached hydrogens (primary N) is 1. The van der Waals surface area contributed by atoms with Gasteiger partial charge in [0.05, 0.1) is 72.3 Å². The number of aliphatic hydroxyl groups is 3. The summed E-state index contributed by atoms with van der Waals surface area (Å²) in [6, 6.07) is -5.52. The summed E-state index contributed by atoms with van der Waals surface area (Å²) in [5, 5.41) is 48.5. The lowest BCUT2D eigenvalue weighted by molar-refractivity contribution is -0.146. The number of fused-ring (bicyclic) bond motifs is 5. The smallest absolute Gasteiger partial charge is 0.246 e. The van der Waals surface area contributed by atoms with Crippen LogP contribution in [0.1, 0.15) is 86.1 Å². The number of carbonyl (C=O) groups excluding carboxylic acids is 11. The minimum atomic E-state index is -2.45. The third-order valence-corrected chi connectivity index (χ3v) is 16.6. The van der Waals surface area contributed by atoms with Gasteiger partial charge in [-0.25, -0.2) is 0 Å². The Bertz CT molecular complexity index is 2810. The van der Waals surface area contributed by atoms with E-state index in [0.717, 1.165) is 4.90 Å². The predicted octanol–water partition coefficient (Wildman–Crippen LogP) is -3.99. The number of aliphatic hydroxyl groups excluding tert-OH is 3. The topological polar surface area (TPSA) is 407 Å². The summed E-state index contributed by atoms with van der Waals surface area (Å²) in [7, 11) is -2.45. The van der Waals surface area contributed by atoms with Crippen molar-refractivity contribution in [1.82, 2.24) is 52.0 Å². The zero-order valence-electron chi connectivity index (χ0n) is 45.5. The summed E-state index contributed by atoms with van der Waals surface area (Å²) in [5.74, 6) is -12.5. The third kappa shape index (κ3) is 14.8. The first-order valence-corrected chi connectivity index (χ1v) is 28.1. The Morgan fingerprint density at radius 2 is 1.51 bits per heavy atom. The van der Waals surface area contributed by atoms with E-state index in [1.54, 1.807) is 39.8 Å². The van der Waals surface area contributed by atoms with Crippen molar-refractivity contribution in [1.29, 1.82) is 0 Å². The molecule has 0 radical (unpaired) electrons. The highest BCUT2D eigenvalue weighted by Gasteiger charge is 2.48. The lowest BCUT2D eigenvalue weighted by Crippen LogP contribution is -2.62. The van der Waals surface area contributed by atoms with E-state index in [9.17, 15) is 68.1 Å². The molecule has 0 spiro atoms. The molecule has 1 aromatic heterocycles. The fourth-order valence-electron chi connectivity index (χ4n) is 10.6. The van der Waals surface area contributed by atoms with Gasteiger partial charge in [0.2, 0.25) is 65.0 Å². The Balaban J connectivity index is 1.50. The van der Waals surface area contributed by atoms with Gasteiger partial charge in [0.25, 0.3) is 0 Å². The van der Waals surface area contributed by atoms with E-state index in [4.69, 9.17) is 10.5 Å². The van der Waals surface area contributed by atoms with Crippen LogP contribution < -0.4 is 47.7 Å². The highest BCUT2D eigenvalue weighted by Crippen LogP contribution is 2.37. The molecule has 13 N–H and O–H groups in total. The zero-order valence-corrected chi connectivity index (χ0v) is 47.3. The third-order valence-electron chi connectivity index (χ3n) is 14.8. The van der Waals surface area contributed by atoms with Gasteiger partial charge in [0, 0.05) is 54.1 Å². The second kappa shape index (κ2) is 25.8. The number of benzene rings is 1. The maximum absolute atomic E-state index is 15.1. The Kier molecular flexibility index (Phi) is 20.2. The first-order chi connectivity index (χ1) is 37.4. The van der Waals surface area contributed by atoms with Crippen LogP contribution in [0.15, 0.2) is 23.2 Å². The van der Waals surface area contributed by atoms with Crippen molar-refractivity contribution < 1.29 is 77.0 Å². The van der Waals surface area contributed by atoms with Crippen LogP contribution in [0.2, 0.25) is 0 Å². The monoisotopic (exact) mass is 1160 g/mol. The van der Waals surface area contributed by atoms with Crippen molar-refractivity contribution in [2.24, 2.45) is 23.0 Å². The molecule has 5 heterocycles. The van der Waals surface area contributed by atoms with Crippen molar-refractivity contribution in [2.75, 3.05) is 38.6 Å². The summed E-state index contributed by atoms with van der Waals surface area (Å²) >= 11 is 4.27. The molecule has 4 aliphatic heterocycles. The molecule has 6 rings (SSSR count). The molecule has 80 heavy (non-hydrogen) atoms. The van der Waals surface area contributed by atoms with Crippen LogP contribution in [0, 0.1) is 17.3 Å². The molecular formula is C51H73N11O16S2. The maximum atomic E-state index is 15.1. The molecule has 440 valence electrons. The molecular weight excluding hydrogens is 1090 g/mol. The molecule has 0 saturated carbocycles. The molecule has 29 heteroatoms. The van der Waals surface area contributed by atoms with Crippen molar-refractivity contribution in [3.63, 3.8) is 0 Å². The maximum Gasteiger partial charge on any atom is 0.246 e. The van der Waals surface area contributed by atoms with Gasteiger partial charge in [0.1, 0.15) is 47.0 Å². The standard InChI is InChI=1S/C51H73N11O16S2/c1-8-23(2)40-45(73)54-16-37(67)55-32-20-80(77)47-28(27-10-9-26(12-29(27)58-47)78-22-50(4,5)21-51(6,7)62-39(69)15-35(79)49(62)76)13-30(42(70)53-17-38(68)59-40)56-46(74)41(24(3)34(65)19-63)60-44(72)33-11-25(64)18-61(33)48(75)31(14-36(52)66)57-43(32)71/h9-10,12,23-25,30-35,40-41,58,63-65,79H,8,11,13-22H2,1-7H3,(H2,52,66)(H,53,70)(H,54,73)(H,55,67)(H,56,74)(H,57,71)(H,59,68)(H,60,72)/t23-,24-,25+,30-,31-,32-,33-,34-,35?,40-,41-,80?/m0/s1. The molecule has 1 aromatic carbocycles. The first-order valence-electron chi connectivity index (χ1n) is 26.3. The summed E-state index contributed by atoms with van der Waals surface area (Å²) in [5.41, 5.74) is 4.28. The van der Waals surface area contributed by atoms with Crippen LogP contribution in [0.4, 0.5) is 0 Å². The van der Waals surface area contributed by atoms with Crippen LogP contribution in [0.3, 0.4) is 0 Å². The number of hydrogen-bond donors (Lipinski definition) is 13. The molecule has 11 amide bonds. The van der Waals surface area contributed by atoms with Crippen LogP contribution in [-0.4, -0.2) is 197 Å². The number of nitrogens with zero attached hydrogens (tertiary/aromatic N) is 2. The second-order valence-electron chi connectivity index (χ2n) is 22.4. The number of imide groups is 1. The summed E-state index contributed by atoms with van der Waals surface area (Å²) in [6.45, 7) is 9.01. The van der Waals surface area contributed by atoms with E-state index in [1.165, 1.54) is 17.9 Å². The average molecular weight is 1160 g/mol. The molecule has 27 nitrogen and oxygen atoms in total. The van der Waals surface area contributed by atoms with Gasteiger partial charge in [-0.1, -0.05) is 41.0 Å².